The molecule has 0 aliphatic rings. The monoisotopic (exact) mass is 181 g/mol. The first-order valence-corrected chi connectivity index (χ1v) is 3.78. The van der Waals surface area contributed by atoms with Crippen LogP contribution in [0.25, 0.3) is 0 Å². The van der Waals surface area contributed by atoms with Gasteiger partial charge in [0.25, 0.3) is 0 Å². The molecule has 1 aromatic carbocycles. The fourth-order valence-corrected chi connectivity index (χ4v) is 0.819. The molecular formula is C8H11N3O2. The number of hydroxylamine groups is 2. The minimum atomic E-state index is 0.589. The Labute approximate surface area is 76.4 Å². The van der Waals surface area contributed by atoms with Gasteiger partial charge >= 0.3 is 0 Å². The normalized spacial score (nSPS) is 10.1. The number of hydrogen-bond donors (Lipinski definition) is 0. The van der Waals surface area contributed by atoms with E-state index >= 15 is 0 Å². The Kier molecular flexibility index (Phi) is 3.36. The second-order valence-corrected chi connectivity index (χ2v) is 2.58. The zero-order valence-electron chi connectivity index (χ0n) is 7.54. The van der Waals surface area contributed by atoms with E-state index in [4.69, 9.17) is 4.94 Å². The van der Waals surface area contributed by atoms with Gasteiger partial charge in [0.1, 0.15) is 0 Å². The molecule has 0 unspecified atom stereocenters. The average molecular weight is 181 g/mol. The highest BCUT2D eigenvalue weighted by Gasteiger charge is 2.07. The number of hydrogen-bond acceptors (Lipinski definition) is 4. The van der Waals surface area contributed by atoms with Gasteiger partial charge in [0, 0.05) is 14.1 Å². The minimum absolute atomic E-state index is 0.589. The average Bonchev–Trinajstić information content (AvgIpc) is 2.15. The SMILES string of the molecule is CN(C)ON(N=O)c1ccccc1. The molecule has 0 fully saturated rings. The third-order valence-corrected chi connectivity index (χ3v) is 1.29. The highest BCUT2D eigenvalue weighted by molar-refractivity contribution is 5.42. The summed E-state index contributed by atoms with van der Waals surface area (Å²) in [4.78, 5) is 15.3. The molecule has 0 aliphatic heterocycles. The van der Waals surface area contributed by atoms with Crippen LogP contribution in [-0.4, -0.2) is 19.2 Å². The van der Waals surface area contributed by atoms with Crippen LogP contribution in [0.5, 0.6) is 0 Å². The van der Waals surface area contributed by atoms with Gasteiger partial charge in [-0.15, -0.1) is 4.91 Å². The van der Waals surface area contributed by atoms with Gasteiger partial charge in [-0.25, -0.2) is 0 Å². The van der Waals surface area contributed by atoms with E-state index < -0.39 is 0 Å². The molecule has 0 amide bonds. The van der Waals surface area contributed by atoms with E-state index in [0.29, 0.717) is 5.69 Å². The number of nitroso groups, excluding NO2 is 1. The lowest BCUT2D eigenvalue weighted by atomic mass is 10.3. The Bertz CT molecular complexity index is 263. The quantitative estimate of drug-likeness (QED) is 0.522. The van der Waals surface area contributed by atoms with Gasteiger partial charge in [-0.1, -0.05) is 23.4 Å². The molecule has 0 bridgehead atoms. The molecule has 0 aliphatic carbocycles. The van der Waals surface area contributed by atoms with Gasteiger partial charge in [-0.05, 0) is 12.1 Å². The van der Waals surface area contributed by atoms with Crippen molar-refractivity contribution in [3.8, 4) is 0 Å². The van der Waals surface area contributed by atoms with Gasteiger partial charge in [0.15, 0.2) is 0 Å². The number of benzene rings is 1. The maximum Gasteiger partial charge on any atom is 0.0954 e. The third-order valence-electron chi connectivity index (χ3n) is 1.29. The van der Waals surface area contributed by atoms with E-state index in [9.17, 15) is 4.91 Å². The number of rotatable bonds is 4. The molecule has 0 radical (unpaired) electrons. The van der Waals surface area contributed by atoms with Crippen LogP contribution in [0.3, 0.4) is 0 Å². The molecule has 1 rings (SSSR count). The predicted octanol–water partition coefficient (Wildman–Crippen LogP) is 1.58. The molecule has 0 atom stereocenters. The van der Waals surface area contributed by atoms with Gasteiger partial charge in [-0.3, -0.25) is 0 Å². The summed E-state index contributed by atoms with van der Waals surface area (Å²) in [5, 5.41) is 5.00. The van der Waals surface area contributed by atoms with Crippen molar-refractivity contribution in [3.63, 3.8) is 0 Å². The van der Waals surface area contributed by atoms with Gasteiger partial charge in [0.2, 0.25) is 0 Å². The molecule has 70 valence electrons. The van der Waals surface area contributed by atoms with Crippen molar-refractivity contribution in [1.82, 2.24) is 5.06 Å². The summed E-state index contributed by atoms with van der Waals surface area (Å²) in [6, 6.07) is 8.90. The van der Waals surface area contributed by atoms with Gasteiger partial charge < -0.3 is 0 Å². The van der Waals surface area contributed by atoms with E-state index in [2.05, 4.69) is 5.29 Å². The first-order valence-electron chi connectivity index (χ1n) is 3.78. The Morgan fingerprint density at radius 3 is 2.31 bits per heavy atom. The van der Waals surface area contributed by atoms with Crippen molar-refractivity contribution in [2.24, 2.45) is 5.29 Å². The molecule has 5 heteroatoms. The van der Waals surface area contributed by atoms with Crippen LogP contribution < -0.4 is 5.17 Å². The molecule has 0 saturated heterocycles. The largest absolute Gasteiger partial charge is 0.168 e. The van der Waals surface area contributed by atoms with Gasteiger partial charge in [0.05, 0.1) is 11.0 Å². The van der Waals surface area contributed by atoms with E-state index in [-0.39, 0.29) is 0 Å². The fraction of sp³-hybridized carbons (Fsp3) is 0.250. The van der Waals surface area contributed by atoms with Crippen molar-refractivity contribution in [1.29, 1.82) is 0 Å². The van der Waals surface area contributed by atoms with Crippen LogP contribution in [-0.2, 0) is 4.94 Å². The predicted molar refractivity (Wildman–Crippen MR) is 49.5 cm³/mol. The molecule has 0 spiro atoms. The van der Waals surface area contributed by atoms with E-state index in [1.807, 2.05) is 6.07 Å². The van der Waals surface area contributed by atoms with Crippen LogP contribution in [0.1, 0.15) is 0 Å². The third kappa shape index (κ3) is 2.81. The topological polar surface area (TPSA) is 45.1 Å². The van der Waals surface area contributed by atoms with Crippen molar-refractivity contribution < 1.29 is 4.94 Å². The zero-order valence-corrected chi connectivity index (χ0v) is 7.54. The lowest BCUT2D eigenvalue weighted by Gasteiger charge is -2.17. The highest BCUT2D eigenvalue weighted by Crippen LogP contribution is 2.13. The van der Waals surface area contributed by atoms with Crippen LogP contribution in [0.2, 0.25) is 0 Å². The standard InChI is InChI=1S/C8H11N3O2/c1-10(2)13-11(9-12)8-6-4-3-5-7-8/h3-7H,1-2H3. The lowest BCUT2D eigenvalue weighted by Crippen LogP contribution is -2.25. The van der Waals surface area contributed by atoms with Crippen LogP contribution in [0, 0.1) is 4.91 Å². The molecule has 0 N–H and O–H groups in total. The molecule has 1 aromatic rings. The summed E-state index contributed by atoms with van der Waals surface area (Å²) in [5.41, 5.74) is 0.589. The summed E-state index contributed by atoms with van der Waals surface area (Å²) in [6.07, 6.45) is 0. The molecule has 5 nitrogen and oxygen atoms in total. The second kappa shape index (κ2) is 4.54. The van der Waals surface area contributed by atoms with E-state index in [0.717, 1.165) is 5.17 Å². The van der Waals surface area contributed by atoms with Gasteiger partial charge in [-0.2, -0.15) is 10.0 Å². The fourth-order valence-electron chi connectivity index (χ4n) is 0.819. The smallest absolute Gasteiger partial charge is 0.0954 e. The Morgan fingerprint density at radius 1 is 1.23 bits per heavy atom. The van der Waals surface area contributed by atoms with Crippen molar-refractivity contribution >= 4 is 5.69 Å². The maximum absolute atomic E-state index is 10.4. The van der Waals surface area contributed by atoms with Crippen molar-refractivity contribution in [2.75, 3.05) is 19.3 Å². The molecule has 0 heterocycles. The lowest BCUT2D eigenvalue weighted by molar-refractivity contribution is -0.134. The Balaban J connectivity index is 2.73. The highest BCUT2D eigenvalue weighted by atomic mass is 16.9. The Morgan fingerprint density at radius 2 is 1.85 bits per heavy atom. The maximum atomic E-state index is 10.4. The summed E-state index contributed by atoms with van der Waals surface area (Å²) in [5.74, 6) is 0. The number of anilines is 1. The van der Waals surface area contributed by atoms with Crippen LogP contribution in [0.4, 0.5) is 5.69 Å². The minimum Gasteiger partial charge on any atom is -0.168 e. The molecular weight excluding hydrogens is 170 g/mol. The second-order valence-electron chi connectivity index (χ2n) is 2.58. The first kappa shape index (κ1) is 9.63. The van der Waals surface area contributed by atoms with Crippen LogP contribution >= 0.6 is 0 Å². The van der Waals surface area contributed by atoms with E-state index in [1.54, 1.807) is 38.4 Å². The van der Waals surface area contributed by atoms with Crippen molar-refractivity contribution in [2.45, 2.75) is 0 Å². The summed E-state index contributed by atoms with van der Waals surface area (Å²) < 4.78 is 0. The summed E-state index contributed by atoms with van der Waals surface area (Å²) >= 11 is 0. The zero-order chi connectivity index (χ0) is 9.68. The number of nitrogens with zero attached hydrogens (tertiary/aromatic N) is 3. The van der Waals surface area contributed by atoms with E-state index in [1.165, 1.54) is 5.06 Å². The first-order chi connectivity index (χ1) is 6.24. The number of para-hydroxylation sites is 1. The summed E-state index contributed by atoms with van der Waals surface area (Å²) in [6.45, 7) is 0. The molecule has 13 heavy (non-hydrogen) atoms. The summed E-state index contributed by atoms with van der Waals surface area (Å²) in [7, 11) is 3.34. The van der Waals surface area contributed by atoms with Crippen molar-refractivity contribution in [3.05, 3.63) is 35.2 Å². The molecule has 0 saturated carbocycles. The Hall–Kier alpha value is -1.46. The molecule has 0 aromatic heterocycles. The van der Waals surface area contributed by atoms with Crippen LogP contribution in [0.15, 0.2) is 35.6 Å².